The predicted molar refractivity (Wildman–Crippen MR) is 74.7 cm³/mol. The summed E-state index contributed by atoms with van der Waals surface area (Å²) in [5.41, 5.74) is 4.35. The highest BCUT2D eigenvalue weighted by atomic mass is 14.9. The number of allylic oxidation sites excluding steroid dienone is 4. The van der Waals surface area contributed by atoms with Gasteiger partial charge in [-0.05, 0) is 57.8 Å². The third kappa shape index (κ3) is 3.76. The van der Waals surface area contributed by atoms with Crippen LogP contribution >= 0.6 is 0 Å². The van der Waals surface area contributed by atoms with Crippen molar-refractivity contribution in [1.82, 2.24) is 5.32 Å². The van der Waals surface area contributed by atoms with Gasteiger partial charge in [0, 0.05) is 12.2 Å². The van der Waals surface area contributed by atoms with Crippen LogP contribution in [0, 0.1) is 11.8 Å². The summed E-state index contributed by atoms with van der Waals surface area (Å²) in [6, 6.07) is 0. The first-order chi connectivity index (χ1) is 8.16. The fourth-order valence-corrected chi connectivity index (χ4v) is 2.46. The maximum atomic E-state index is 4.09. The predicted octanol–water partition coefficient (Wildman–Crippen LogP) is 4.19. The average molecular weight is 231 g/mol. The summed E-state index contributed by atoms with van der Waals surface area (Å²) in [5.74, 6) is 1.54. The Labute approximate surface area is 106 Å². The molecule has 0 spiro atoms. The van der Waals surface area contributed by atoms with Crippen molar-refractivity contribution in [2.24, 2.45) is 11.8 Å². The zero-order valence-corrected chi connectivity index (χ0v) is 11.3. The van der Waals surface area contributed by atoms with Crippen molar-refractivity contribution in [1.29, 1.82) is 0 Å². The first kappa shape index (κ1) is 12.5. The topological polar surface area (TPSA) is 12.0 Å². The molecule has 1 saturated carbocycles. The summed E-state index contributed by atoms with van der Waals surface area (Å²) >= 11 is 0. The summed E-state index contributed by atoms with van der Waals surface area (Å²) in [6.07, 6.45) is 11.3. The lowest BCUT2D eigenvalue weighted by Gasteiger charge is -2.21. The van der Waals surface area contributed by atoms with Crippen LogP contribution in [0.5, 0.6) is 0 Å². The monoisotopic (exact) mass is 231 g/mol. The maximum Gasteiger partial charge on any atom is 0.0330 e. The molecule has 1 fully saturated rings. The van der Waals surface area contributed by atoms with Crippen molar-refractivity contribution >= 4 is 0 Å². The first-order valence-electron chi connectivity index (χ1n) is 6.91. The number of hydrogen-bond acceptors (Lipinski definition) is 1. The molecule has 0 aromatic heterocycles. The Morgan fingerprint density at radius 3 is 2.76 bits per heavy atom. The van der Waals surface area contributed by atoms with Crippen LogP contribution in [0.1, 0.15) is 46.0 Å². The SMILES string of the molecule is C=C(NC/C=C(\C)C1CC=C(C)CC1)C1CC1. The minimum Gasteiger partial charge on any atom is -0.385 e. The molecule has 1 unspecified atom stereocenters. The standard InChI is InChI=1S/C16H25N/c1-12-4-6-15(7-5-12)13(2)10-11-17-14(3)16-8-9-16/h4,10,15-17H,3,5-9,11H2,1-2H3/b13-10+. The second-order valence-corrected chi connectivity index (χ2v) is 5.65. The molecule has 0 aromatic rings. The Hall–Kier alpha value is -0.980. The van der Waals surface area contributed by atoms with Crippen molar-refractivity contribution in [3.63, 3.8) is 0 Å². The van der Waals surface area contributed by atoms with Gasteiger partial charge in [0.05, 0.1) is 0 Å². The highest BCUT2D eigenvalue weighted by Crippen LogP contribution is 2.34. The van der Waals surface area contributed by atoms with E-state index in [-0.39, 0.29) is 0 Å². The molecule has 1 N–H and O–H groups in total. The molecule has 2 aliphatic carbocycles. The van der Waals surface area contributed by atoms with E-state index in [1.165, 1.54) is 37.8 Å². The van der Waals surface area contributed by atoms with Crippen LogP contribution in [0.15, 0.2) is 35.6 Å². The molecule has 17 heavy (non-hydrogen) atoms. The minimum absolute atomic E-state index is 0.768. The van der Waals surface area contributed by atoms with Gasteiger partial charge in [-0.25, -0.2) is 0 Å². The molecule has 0 aromatic carbocycles. The van der Waals surface area contributed by atoms with Gasteiger partial charge in [0.2, 0.25) is 0 Å². The summed E-state index contributed by atoms with van der Waals surface area (Å²) in [6.45, 7) is 9.57. The molecule has 1 heteroatoms. The Balaban J connectivity index is 1.74. The van der Waals surface area contributed by atoms with Gasteiger partial charge in [0.1, 0.15) is 0 Å². The van der Waals surface area contributed by atoms with E-state index in [0.717, 1.165) is 18.4 Å². The van der Waals surface area contributed by atoms with E-state index in [9.17, 15) is 0 Å². The van der Waals surface area contributed by atoms with Gasteiger partial charge in [-0.15, -0.1) is 0 Å². The van der Waals surface area contributed by atoms with Gasteiger partial charge in [0.15, 0.2) is 0 Å². The van der Waals surface area contributed by atoms with Gasteiger partial charge in [0.25, 0.3) is 0 Å². The van der Waals surface area contributed by atoms with Crippen molar-refractivity contribution < 1.29 is 0 Å². The van der Waals surface area contributed by atoms with Crippen molar-refractivity contribution in [2.45, 2.75) is 46.0 Å². The van der Waals surface area contributed by atoms with E-state index in [1.54, 1.807) is 11.1 Å². The quantitative estimate of drug-likeness (QED) is 0.699. The van der Waals surface area contributed by atoms with Crippen LogP contribution in [0.3, 0.4) is 0 Å². The van der Waals surface area contributed by atoms with E-state index in [0.29, 0.717) is 0 Å². The smallest absolute Gasteiger partial charge is 0.0330 e. The van der Waals surface area contributed by atoms with Gasteiger partial charge in [-0.3, -0.25) is 0 Å². The van der Waals surface area contributed by atoms with E-state index >= 15 is 0 Å². The molecule has 0 aliphatic heterocycles. The van der Waals surface area contributed by atoms with Crippen LogP contribution in [0.4, 0.5) is 0 Å². The van der Waals surface area contributed by atoms with E-state index in [4.69, 9.17) is 0 Å². The van der Waals surface area contributed by atoms with Gasteiger partial charge in [-0.1, -0.05) is 29.9 Å². The van der Waals surface area contributed by atoms with Crippen LogP contribution in [0.25, 0.3) is 0 Å². The summed E-state index contributed by atoms with van der Waals surface area (Å²) < 4.78 is 0. The van der Waals surface area contributed by atoms with E-state index in [1.807, 2.05) is 0 Å². The number of rotatable bonds is 5. The fraction of sp³-hybridized carbons (Fsp3) is 0.625. The molecule has 0 saturated heterocycles. The Morgan fingerprint density at radius 1 is 1.41 bits per heavy atom. The highest BCUT2D eigenvalue weighted by Gasteiger charge is 2.24. The van der Waals surface area contributed by atoms with Crippen LogP contribution in [-0.4, -0.2) is 6.54 Å². The van der Waals surface area contributed by atoms with Gasteiger partial charge >= 0.3 is 0 Å². The molecule has 0 bridgehead atoms. The molecule has 94 valence electrons. The lowest BCUT2D eigenvalue weighted by molar-refractivity contribution is 0.537. The van der Waals surface area contributed by atoms with Crippen LogP contribution in [-0.2, 0) is 0 Å². The Morgan fingerprint density at radius 2 is 2.18 bits per heavy atom. The lowest BCUT2D eigenvalue weighted by atomic mass is 9.85. The van der Waals surface area contributed by atoms with Crippen molar-refractivity contribution in [3.05, 3.63) is 35.6 Å². The number of nitrogens with one attached hydrogen (secondary N) is 1. The molecule has 0 amide bonds. The molecular weight excluding hydrogens is 206 g/mol. The highest BCUT2D eigenvalue weighted by molar-refractivity contribution is 5.14. The second-order valence-electron chi connectivity index (χ2n) is 5.65. The third-order valence-electron chi connectivity index (χ3n) is 4.11. The molecular formula is C16H25N. The maximum absolute atomic E-state index is 4.09. The zero-order valence-electron chi connectivity index (χ0n) is 11.3. The van der Waals surface area contributed by atoms with Gasteiger partial charge < -0.3 is 5.32 Å². The van der Waals surface area contributed by atoms with Crippen LogP contribution in [0.2, 0.25) is 0 Å². The zero-order chi connectivity index (χ0) is 12.3. The van der Waals surface area contributed by atoms with E-state index in [2.05, 4.69) is 37.9 Å². The molecule has 1 atom stereocenters. The van der Waals surface area contributed by atoms with Crippen molar-refractivity contribution in [3.8, 4) is 0 Å². The normalized spacial score (nSPS) is 25.4. The molecule has 1 nitrogen and oxygen atoms in total. The Bertz CT molecular complexity index is 345. The fourth-order valence-electron chi connectivity index (χ4n) is 2.46. The summed E-state index contributed by atoms with van der Waals surface area (Å²) in [7, 11) is 0. The second kappa shape index (κ2) is 5.57. The first-order valence-corrected chi connectivity index (χ1v) is 6.91. The van der Waals surface area contributed by atoms with Gasteiger partial charge in [-0.2, -0.15) is 0 Å². The van der Waals surface area contributed by atoms with Crippen molar-refractivity contribution in [2.75, 3.05) is 6.54 Å². The molecule has 0 radical (unpaired) electrons. The summed E-state index contributed by atoms with van der Waals surface area (Å²) in [5, 5.41) is 3.44. The minimum atomic E-state index is 0.768. The third-order valence-corrected chi connectivity index (χ3v) is 4.11. The lowest BCUT2D eigenvalue weighted by Crippen LogP contribution is -2.15. The van der Waals surface area contributed by atoms with Crippen LogP contribution < -0.4 is 5.32 Å². The molecule has 0 heterocycles. The molecule has 2 aliphatic rings. The largest absolute Gasteiger partial charge is 0.385 e. The summed E-state index contributed by atoms with van der Waals surface area (Å²) in [4.78, 5) is 0. The molecule has 2 rings (SSSR count). The Kier molecular flexibility index (Phi) is 4.09. The van der Waals surface area contributed by atoms with E-state index < -0.39 is 0 Å². The number of hydrogen-bond donors (Lipinski definition) is 1. The average Bonchev–Trinajstić information content (AvgIpc) is 3.13.